The van der Waals surface area contributed by atoms with Gasteiger partial charge in [0.05, 0.1) is 0 Å². The topological polar surface area (TPSA) is 59.1 Å². The van der Waals surface area contributed by atoms with Crippen molar-refractivity contribution in [3.8, 4) is 0 Å². The van der Waals surface area contributed by atoms with Crippen LogP contribution in [0.1, 0.15) is 80.1 Å². The summed E-state index contributed by atoms with van der Waals surface area (Å²) in [5, 5.41) is 0. The summed E-state index contributed by atoms with van der Waals surface area (Å²) in [5.74, 6) is 0.739. The minimum absolute atomic E-state index is 0.0105. The highest BCUT2D eigenvalue weighted by atomic mass is 35.5. The molecule has 0 saturated carbocycles. The molecule has 2 unspecified atom stereocenters. The Bertz CT molecular complexity index is 724. The van der Waals surface area contributed by atoms with Crippen molar-refractivity contribution in [2.75, 3.05) is 38.4 Å². The number of amides is 2. The third-order valence-corrected chi connectivity index (χ3v) is 6.95. The van der Waals surface area contributed by atoms with Gasteiger partial charge in [-0.25, -0.2) is 0 Å². The van der Waals surface area contributed by atoms with Crippen molar-refractivity contribution in [1.82, 2.24) is 9.80 Å². The summed E-state index contributed by atoms with van der Waals surface area (Å²) in [5.41, 5.74) is 4.93. The van der Waals surface area contributed by atoms with E-state index >= 15 is 0 Å². The highest BCUT2D eigenvalue weighted by Crippen LogP contribution is 2.35. The van der Waals surface area contributed by atoms with Crippen molar-refractivity contribution < 1.29 is 19.1 Å². The summed E-state index contributed by atoms with van der Waals surface area (Å²) in [6.07, 6.45) is 6.61. The van der Waals surface area contributed by atoms with Gasteiger partial charge in [-0.05, 0) is 71.1 Å². The van der Waals surface area contributed by atoms with Gasteiger partial charge in [0.25, 0.3) is 0 Å². The van der Waals surface area contributed by atoms with Crippen molar-refractivity contribution in [3.05, 3.63) is 22.5 Å². The van der Waals surface area contributed by atoms with Crippen LogP contribution in [0.5, 0.6) is 0 Å². The third kappa shape index (κ3) is 8.85. The van der Waals surface area contributed by atoms with Crippen molar-refractivity contribution in [1.29, 1.82) is 0 Å². The van der Waals surface area contributed by atoms with Gasteiger partial charge >= 0.3 is 0 Å². The number of carbonyl (C=O) groups excluding carboxylic acids is 2. The van der Waals surface area contributed by atoms with Gasteiger partial charge in [0.15, 0.2) is 0 Å². The Morgan fingerprint density at radius 3 is 1.76 bits per heavy atom. The maximum atomic E-state index is 12.0. The van der Waals surface area contributed by atoms with Crippen LogP contribution in [0.25, 0.3) is 0 Å². The second-order valence-electron chi connectivity index (χ2n) is 8.90. The molecule has 0 aromatic carbocycles. The Morgan fingerprint density at radius 1 is 0.853 bits per heavy atom. The zero-order chi connectivity index (χ0) is 25.7. The van der Waals surface area contributed by atoms with Crippen LogP contribution in [0.3, 0.4) is 0 Å². The van der Waals surface area contributed by atoms with E-state index < -0.39 is 0 Å². The molecule has 0 spiro atoms. The first kappa shape index (κ1) is 31.0. The number of allylic oxidation sites excluding steroid dienone is 4. The number of nitrogens with zero attached hydrogens (tertiary/aromatic N) is 2. The zero-order valence-electron chi connectivity index (χ0n) is 21.9. The standard InChI is InChI=1S/C14H24ClNO2.C12H20ClNO2/c1-4-12-8-6-7-11(3)14(12)16(10-18-5-2)13(17)9-15;1-4-16-8-14(11(15)7-13)12-9(2)5-6-10(12)3/h11H,4-10H2,1-3H3;9H,4-8H2,1-3H3. The molecule has 196 valence electrons. The summed E-state index contributed by atoms with van der Waals surface area (Å²) >= 11 is 11.3. The summed E-state index contributed by atoms with van der Waals surface area (Å²) in [6, 6.07) is 0. The lowest BCUT2D eigenvalue weighted by Crippen LogP contribution is -2.37. The Balaban J connectivity index is 0.000000342. The number of ether oxygens (including phenoxy) is 2. The molecule has 0 radical (unpaired) electrons. The fourth-order valence-electron chi connectivity index (χ4n) is 4.73. The SMILES string of the molecule is CCOCN(C(=O)CCl)C1=C(C)CCC1C.CCOCN(C(=O)CCl)C1=C(CC)CCCC1C. The minimum Gasteiger partial charge on any atom is -0.361 e. The molecule has 0 aromatic rings. The van der Waals surface area contributed by atoms with Gasteiger partial charge in [0, 0.05) is 24.6 Å². The second-order valence-corrected chi connectivity index (χ2v) is 9.43. The predicted octanol–water partition coefficient (Wildman–Crippen LogP) is 6.28. The molecule has 2 aliphatic rings. The fraction of sp³-hybridized carbons (Fsp3) is 0.769. The van der Waals surface area contributed by atoms with Crippen LogP contribution < -0.4 is 0 Å². The lowest BCUT2D eigenvalue weighted by Gasteiger charge is -2.34. The highest BCUT2D eigenvalue weighted by molar-refractivity contribution is 6.27. The highest BCUT2D eigenvalue weighted by Gasteiger charge is 2.28. The monoisotopic (exact) mass is 518 g/mol. The Hall–Kier alpha value is -1.08. The van der Waals surface area contributed by atoms with Crippen molar-refractivity contribution in [2.24, 2.45) is 11.8 Å². The fourth-order valence-corrected chi connectivity index (χ4v) is 5.01. The van der Waals surface area contributed by atoms with Crippen molar-refractivity contribution >= 4 is 35.0 Å². The van der Waals surface area contributed by atoms with Crippen LogP contribution in [0.15, 0.2) is 22.5 Å². The van der Waals surface area contributed by atoms with Crippen LogP contribution in [0, 0.1) is 11.8 Å². The number of hydrogen-bond donors (Lipinski definition) is 0. The van der Waals surface area contributed by atoms with E-state index in [-0.39, 0.29) is 23.6 Å². The van der Waals surface area contributed by atoms with Crippen molar-refractivity contribution in [3.63, 3.8) is 0 Å². The normalized spacial score (nSPS) is 20.2. The quantitative estimate of drug-likeness (QED) is 0.238. The van der Waals surface area contributed by atoms with Crippen LogP contribution in [-0.2, 0) is 19.1 Å². The summed E-state index contributed by atoms with van der Waals surface area (Å²) < 4.78 is 10.8. The van der Waals surface area contributed by atoms with Gasteiger partial charge < -0.3 is 9.47 Å². The molecule has 0 aromatic heterocycles. The van der Waals surface area contributed by atoms with E-state index in [4.69, 9.17) is 32.7 Å². The molecule has 2 amide bonds. The van der Waals surface area contributed by atoms with Gasteiger partial charge in [-0.2, -0.15) is 0 Å². The molecule has 34 heavy (non-hydrogen) atoms. The van der Waals surface area contributed by atoms with Gasteiger partial charge in [0.1, 0.15) is 25.2 Å². The molecule has 2 rings (SSSR count). The van der Waals surface area contributed by atoms with Gasteiger partial charge in [-0.1, -0.05) is 31.9 Å². The molecule has 6 nitrogen and oxygen atoms in total. The molecule has 0 bridgehead atoms. The van der Waals surface area contributed by atoms with Crippen LogP contribution in [-0.4, -0.2) is 60.0 Å². The van der Waals surface area contributed by atoms with Crippen LogP contribution in [0.4, 0.5) is 0 Å². The second kappa shape index (κ2) is 16.6. The Labute approximate surface area is 216 Å². The molecule has 0 aliphatic heterocycles. The average Bonchev–Trinajstić information content (AvgIpc) is 3.17. The molecule has 0 fully saturated rings. The van der Waals surface area contributed by atoms with Gasteiger partial charge in [-0.3, -0.25) is 19.4 Å². The largest absolute Gasteiger partial charge is 0.361 e. The number of alkyl halides is 2. The molecular weight excluding hydrogens is 475 g/mol. The summed E-state index contributed by atoms with van der Waals surface area (Å²) in [4.78, 5) is 27.2. The van der Waals surface area contributed by atoms with E-state index in [0.717, 1.165) is 43.5 Å². The zero-order valence-corrected chi connectivity index (χ0v) is 23.4. The molecular formula is C26H44Cl2N2O4. The minimum atomic E-state index is -0.0711. The average molecular weight is 520 g/mol. The lowest BCUT2D eigenvalue weighted by molar-refractivity contribution is -0.132. The van der Waals surface area contributed by atoms with E-state index in [1.165, 1.54) is 17.6 Å². The maximum absolute atomic E-state index is 12.0. The number of hydrogen-bond acceptors (Lipinski definition) is 4. The van der Waals surface area contributed by atoms with E-state index in [1.807, 2.05) is 13.8 Å². The number of halogens is 2. The van der Waals surface area contributed by atoms with E-state index in [9.17, 15) is 9.59 Å². The molecule has 2 atom stereocenters. The Morgan fingerprint density at radius 2 is 1.35 bits per heavy atom. The molecule has 8 heteroatoms. The number of rotatable bonds is 11. The van der Waals surface area contributed by atoms with Gasteiger partial charge in [0.2, 0.25) is 11.8 Å². The number of carbonyl (C=O) groups is 2. The third-order valence-electron chi connectivity index (χ3n) is 6.49. The van der Waals surface area contributed by atoms with E-state index in [1.54, 1.807) is 9.80 Å². The lowest BCUT2D eigenvalue weighted by atomic mass is 9.86. The maximum Gasteiger partial charge on any atom is 0.243 e. The predicted molar refractivity (Wildman–Crippen MR) is 140 cm³/mol. The van der Waals surface area contributed by atoms with Gasteiger partial charge in [-0.15, -0.1) is 23.2 Å². The first-order valence-corrected chi connectivity index (χ1v) is 13.6. The smallest absolute Gasteiger partial charge is 0.243 e. The van der Waals surface area contributed by atoms with E-state index in [2.05, 4.69) is 27.7 Å². The molecule has 0 saturated heterocycles. The first-order valence-electron chi connectivity index (χ1n) is 12.6. The van der Waals surface area contributed by atoms with Crippen LogP contribution >= 0.6 is 23.2 Å². The van der Waals surface area contributed by atoms with E-state index in [0.29, 0.717) is 38.5 Å². The summed E-state index contributed by atoms with van der Waals surface area (Å²) in [6.45, 7) is 14.3. The molecule has 2 aliphatic carbocycles. The first-order chi connectivity index (χ1) is 16.3. The van der Waals surface area contributed by atoms with Crippen molar-refractivity contribution in [2.45, 2.75) is 80.1 Å². The Kier molecular flexibility index (Phi) is 15.1. The molecule has 0 N–H and O–H groups in total. The molecule has 0 heterocycles. The van der Waals surface area contributed by atoms with Crippen LogP contribution in [0.2, 0.25) is 0 Å². The summed E-state index contributed by atoms with van der Waals surface area (Å²) in [7, 11) is 0.